The molecule has 3 aromatic rings. The van der Waals surface area contributed by atoms with Crippen LogP contribution in [-0.2, 0) is 4.74 Å². The number of ether oxygens (including phenoxy) is 2. The zero-order chi connectivity index (χ0) is 22.1. The van der Waals surface area contributed by atoms with Crippen LogP contribution in [0.15, 0.2) is 24.3 Å². The molecular weight excluding hydrogens is 420 g/mol. The van der Waals surface area contributed by atoms with Crippen LogP contribution in [-0.4, -0.2) is 79.1 Å². The quantitative estimate of drug-likeness (QED) is 0.639. The number of methoxy groups -OCH3 is 1. The third kappa shape index (κ3) is 3.82. The van der Waals surface area contributed by atoms with E-state index in [0.717, 1.165) is 26.2 Å². The van der Waals surface area contributed by atoms with Crippen molar-refractivity contribution >= 4 is 22.8 Å². The molecule has 0 atom stereocenters. The summed E-state index contributed by atoms with van der Waals surface area (Å²) in [7, 11) is 1.50. The average molecular weight is 445 g/mol. The van der Waals surface area contributed by atoms with Crippen molar-refractivity contribution < 1.29 is 18.3 Å². The second kappa shape index (κ2) is 8.83. The maximum absolute atomic E-state index is 14.1. The summed E-state index contributed by atoms with van der Waals surface area (Å²) in [6.07, 6.45) is -2.78. The Kier molecular flexibility index (Phi) is 5.75. The highest BCUT2D eigenvalue weighted by Crippen LogP contribution is 2.33. The standard InChI is InChI=1S/C21H25F2N7O2/c1-31-15-4-2-3-14-18(15)27-20(19(22)23)30(14)17-13-16(28-9-11-32-12-10-28)25-21(26-17)29-7-5-24-6-8-29/h2-4,13,19,24H,5-12H2,1H3. The number of hydrogen-bond donors (Lipinski definition) is 1. The first-order valence-electron chi connectivity index (χ1n) is 10.7. The smallest absolute Gasteiger partial charge is 0.296 e. The van der Waals surface area contributed by atoms with Gasteiger partial charge in [-0.25, -0.2) is 13.8 Å². The molecule has 0 saturated carbocycles. The summed E-state index contributed by atoms with van der Waals surface area (Å²) in [5, 5.41) is 3.31. The Morgan fingerprint density at radius 1 is 1.00 bits per heavy atom. The van der Waals surface area contributed by atoms with Crippen molar-refractivity contribution in [3.05, 3.63) is 30.1 Å². The van der Waals surface area contributed by atoms with Crippen molar-refractivity contribution in [1.82, 2.24) is 24.8 Å². The monoisotopic (exact) mass is 445 g/mol. The second-order valence-corrected chi connectivity index (χ2v) is 7.65. The fourth-order valence-corrected chi connectivity index (χ4v) is 4.13. The van der Waals surface area contributed by atoms with E-state index in [2.05, 4.69) is 20.1 Å². The number of nitrogens with one attached hydrogen (secondary N) is 1. The van der Waals surface area contributed by atoms with Gasteiger partial charge in [-0.1, -0.05) is 6.07 Å². The highest BCUT2D eigenvalue weighted by Gasteiger charge is 2.26. The van der Waals surface area contributed by atoms with Gasteiger partial charge in [0.05, 0.1) is 25.8 Å². The zero-order valence-corrected chi connectivity index (χ0v) is 17.8. The molecule has 0 radical (unpaired) electrons. The number of hydrogen-bond acceptors (Lipinski definition) is 8. The molecule has 9 nitrogen and oxygen atoms in total. The topological polar surface area (TPSA) is 80.6 Å². The van der Waals surface area contributed by atoms with Crippen LogP contribution in [0.1, 0.15) is 12.2 Å². The molecule has 0 bridgehead atoms. The van der Waals surface area contributed by atoms with Crippen molar-refractivity contribution in [2.75, 3.05) is 69.4 Å². The predicted octanol–water partition coefficient (Wildman–Crippen LogP) is 2.01. The molecule has 2 aliphatic heterocycles. The second-order valence-electron chi connectivity index (χ2n) is 7.65. The van der Waals surface area contributed by atoms with Gasteiger partial charge in [-0.05, 0) is 12.1 Å². The lowest BCUT2D eigenvalue weighted by molar-refractivity contribution is 0.122. The number of imidazole rings is 1. The number of alkyl halides is 2. The molecule has 0 unspecified atom stereocenters. The Morgan fingerprint density at radius 3 is 2.47 bits per heavy atom. The van der Waals surface area contributed by atoms with Gasteiger partial charge in [0.25, 0.3) is 6.43 Å². The molecular formula is C21H25F2N7O2. The lowest BCUT2D eigenvalue weighted by Crippen LogP contribution is -2.44. The van der Waals surface area contributed by atoms with Crippen LogP contribution >= 0.6 is 0 Å². The van der Waals surface area contributed by atoms with Crippen LogP contribution in [0.5, 0.6) is 5.75 Å². The van der Waals surface area contributed by atoms with Crippen molar-refractivity contribution in [3.63, 3.8) is 0 Å². The molecule has 2 saturated heterocycles. The third-order valence-corrected chi connectivity index (χ3v) is 5.74. The van der Waals surface area contributed by atoms with Gasteiger partial charge in [0.1, 0.15) is 22.9 Å². The maximum atomic E-state index is 14.1. The predicted molar refractivity (Wildman–Crippen MR) is 116 cm³/mol. The first-order valence-corrected chi connectivity index (χ1v) is 10.7. The molecule has 5 rings (SSSR count). The lowest BCUT2D eigenvalue weighted by Gasteiger charge is -2.31. The molecule has 2 aromatic heterocycles. The molecule has 0 amide bonds. The number of piperazine rings is 1. The minimum Gasteiger partial charge on any atom is -0.494 e. The number of morpholine rings is 1. The summed E-state index contributed by atoms with van der Waals surface area (Å²) >= 11 is 0. The van der Waals surface area contributed by atoms with Crippen LogP contribution in [0.2, 0.25) is 0 Å². The number of para-hydroxylation sites is 1. The van der Waals surface area contributed by atoms with Crippen LogP contribution in [0.4, 0.5) is 20.5 Å². The van der Waals surface area contributed by atoms with Crippen LogP contribution < -0.4 is 19.9 Å². The van der Waals surface area contributed by atoms with E-state index in [1.54, 1.807) is 24.3 Å². The van der Waals surface area contributed by atoms with Gasteiger partial charge in [0.2, 0.25) is 5.95 Å². The van der Waals surface area contributed by atoms with Crippen molar-refractivity contribution in [2.45, 2.75) is 6.43 Å². The minimum absolute atomic E-state index is 0.362. The Morgan fingerprint density at radius 2 is 1.75 bits per heavy atom. The number of halogens is 2. The fraction of sp³-hybridized carbons (Fsp3) is 0.476. The molecule has 1 N–H and O–H groups in total. The van der Waals surface area contributed by atoms with Crippen molar-refractivity contribution in [3.8, 4) is 11.6 Å². The molecule has 11 heteroatoms. The first-order chi connectivity index (χ1) is 15.7. The van der Waals surface area contributed by atoms with E-state index >= 15 is 0 Å². The summed E-state index contributed by atoms with van der Waals surface area (Å²) < 4.78 is 40.4. The molecule has 1 aromatic carbocycles. The fourth-order valence-electron chi connectivity index (χ4n) is 4.13. The van der Waals surface area contributed by atoms with E-state index in [4.69, 9.17) is 19.4 Å². The number of benzene rings is 1. The van der Waals surface area contributed by atoms with Gasteiger partial charge < -0.3 is 24.6 Å². The molecule has 32 heavy (non-hydrogen) atoms. The van der Waals surface area contributed by atoms with E-state index in [1.807, 2.05) is 0 Å². The van der Waals surface area contributed by atoms with Crippen molar-refractivity contribution in [2.24, 2.45) is 0 Å². The number of nitrogens with zero attached hydrogens (tertiary/aromatic N) is 6. The molecule has 170 valence electrons. The normalized spacial score (nSPS) is 17.4. The van der Waals surface area contributed by atoms with E-state index in [1.165, 1.54) is 11.7 Å². The SMILES string of the molecule is COc1cccc2c1nc(C(F)F)n2-c1cc(N2CCOCC2)nc(N2CCNCC2)n1. The average Bonchev–Trinajstić information content (AvgIpc) is 3.25. The molecule has 4 heterocycles. The van der Waals surface area contributed by atoms with Crippen LogP contribution in [0, 0.1) is 0 Å². The summed E-state index contributed by atoms with van der Waals surface area (Å²) in [5.74, 6) is 1.64. The summed E-state index contributed by atoms with van der Waals surface area (Å²) in [4.78, 5) is 17.9. The molecule has 0 spiro atoms. The summed E-state index contributed by atoms with van der Waals surface area (Å²) in [6, 6.07) is 6.97. The Hall–Kier alpha value is -3.05. The highest BCUT2D eigenvalue weighted by atomic mass is 19.3. The van der Waals surface area contributed by atoms with Gasteiger partial charge in [-0.15, -0.1) is 0 Å². The number of fused-ring (bicyclic) bond motifs is 1. The van der Waals surface area contributed by atoms with Gasteiger partial charge in [-0.2, -0.15) is 9.97 Å². The van der Waals surface area contributed by atoms with E-state index in [0.29, 0.717) is 60.7 Å². The van der Waals surface area contributed by atoms with Gasteiger partial charge >= 0.3 is 0 Å². The van der Waals surface area contributed by atoms with E-state index < -0.39 is 6.43 Å². The Labute approximate surface area is 184 Å². The van der Waals surface area contributed by atoms with Crippen molar-refractivity contribution in [1.29, 1.82) is 0 Å². The number of aromatic nitrogens is 4. The highest BCUT2D eigenvalue weighted by molar-refractivity contribution is 5.84. The molecule has 2 fully saturated rings. The van der Waals surface area contributed by atoms with Crippen LogP contribution in [0.25, 0.3) is 16.9 Å². The molecule has 2 aliphatic rings. The van der Waals surface area contributed by atoms with Gasteiger partial charge in [0.15, 0.2) is 5.82 Å². The summed E-state index contributed by atoms with van der Waals surface area (Å²) in [5.41, 5.74) is 0.887. The molecule has 0 aliphatic carbocycles. The van der Waals surface area contributed by atoms with Gasteiger partial charge in [0, 0.05) is 45.3 Å². The van der Waals surface area contributed by atoms with Crippen LogP contribution in [0.3, 0.4) is 0 Å². The Balaban J connectivity index is 1.70. The summed E-state index contributed by atoms with van der Waals surface area (Å²) in [6.45, 7) is 5.65. The zero-order valence-electron chi connectivity index (χ0n) is 17.8. The lowest BCUT2D eigenvalue weighted by atomic mass is 10.3. The van der Waals surface area contributed by atoms with E-state index in [9.17, 15) is 8.78 Å². The van der Waals surface area contributed by atoms with Gasteiger partial charge in [-0.3, -0.25) is 4.57 Å². The maximum Gasteiger partial charge on any atom is 0.296 e. The number of anilines is 2. The largest absolute Gasteiger partial charge is 0.494 e. The third-order valence-electron chi connectivity index (χ3n) is 5.74. The minimum atomic E-state index is -2.78. The number of rotatable bonds is 5. The van der Waals surface area contributed by atoms with E-state index in [-0.39, 0.29) is 5.82 Å². The Bertz CT molecular complexity index is 1060. The first kappa shape index (κ1) is 20.8.